The molecule has 2 rings (SSSR count). The van der Waals surface area contributed by atoms with Gasteiger partial charge in [-0.15, -0.1) is 11.8 Å². The van der Waals surface area contributed by atoms with Crippen LogP contribution in [0.15, 0.2) is 35.5 Å². The van der Waals surface area contributed by atoms with Gasteiger partial charge in [0.2, 0.25) is 0 Å². The topological polar surface area (TPSA) is 54.9 Å². The van der Waals surface area contributed by atoms with Crippen molar-refractivity contribution in [3.05, 3.63) is 47.4 Å². The van der Waals surface area contributed by atoms with E-state index >= 15 is 0 Å². The smallest absolute Gasteiger partial charge is 0.305 e. The number of rotatable bonds is 4. The first-order chi connectivity index (χ1) is 10.8. The van der Waals surface area contributed by atoms with E-state index in [4.69, 9.17) is 0 Å². The van der Waals surface area contributed by atoms with Gasteiger partial charge in [0.25, 0.3) is 5.91 Å². The van der Waals surface area contributed by atoms with E-state index in [0.29, 0.717) is 17.8 Å². The fraction of sp³-hybridized carbons (Fsp3) is 0.267. The van der Waals surface area contributed by atoms with Crippen molar-refractivity contribution in [2.24, 2.45) is 0 Å². The van der Waals surface area contributed by atoms with Gasteiger partial charge in [0.1, 0.15) is 11.5 Å². The lowest BCUT2D eigenvalue weighted by Gasteiger charge is -2.12. The molecule has 23 heavy (non-hydrogen) atoms. The van der Waals surface area contributed by atoms with E-state index in [1.807, 2.05) is 6.92 Å². The van der Waals surface area contributed by atoms with Crippen LogP contribution in [0, 0.1) is 6.92 Å². The maximum atomic E-state index is 12.8. The van der Waals surface area contributed by atoms with E-state index in [9.17, 15) is 18.0 Å². The monoisotopic (exact) mass is 341 g/mol. The van der Waals surface area contributed by atoms with Crippen molar-refractivity contribution in [1.82, 2.24) is 9.97 Å². The minimum atomic E-state index is -4.50. The third kappa shape index (κ3) is 4.44. The molecular formula is C15H14F3N3OS. The van der Waals surface area contributed by atoms with Crippen LogP contribution in [0.3, 0.4) is 0 Å². The fourth-order valence-corrected chi connectivity index (χ4v) is 2.56. The number of aromatic nitrogens is 2. The average molecular weight is 341 g/mol. The molecule has 0 unspecified atom stereocenters. The quantitative estimate of drug-likeness (QED) is 0.848. The van der Waals surface area contributed by atoms with Gasteiger partial charge in [0.15, 0.2) is 0 Å². The second-order valence-corrected chi connectivity index (χ2v) is 5.98. The van der Waals surface area contributed by atoms with Crippen LogP contribution >= 0.6 is 11.8 Å². The maximum absolute atomic E-state index is 12.8. The minimum absolute atomic E-state index is 0.0489. The summed E-state index contributed by atoms with van der Waals surface area (Å²) in [6.07, 6.45) is -2.25. The van der Waals surface area contributed by atoms with E-state index in [1.54, 1.807) is 25.3 Å². The van der Waals surface area contributed by atoms with Gasteiger partial charge in [-0.2, -0.15) is 13.2 Å². The molecule has 1 N–H and O–H groups in total. The maximum Gasteiger partial charge on any atom is 0.417 e. The van der Waals surface area contributed by atoms with Crippen LogP contribution in [0.1, 0.15) is 28.5 Å². The van der Waals surface area contributed by atoms with Gasteiger partial charge in [-0.1, -0.05) is 13.0 Å². The largest absolute Gasteiger partial charge is 0.417 e. The molecule has 0 saturated heterocycles. The molecule has 0 radical (unpaired) electrons. The zero-order chi connectivity index (χ0) is 17.0. The highest BCUT2D eigenvalue weighted by Crippen LogP contribution is 2.32. The Morgan fingerprint density at radius 3 is 2.57 bits per heavy atom. The number of hydrogen-bond acceptors (Lipinski definition) is 4. The van der Waals surface area contributed by atoms with E-state index in [1.165, 1.54) is 0 Å². The van der Waals surface area contributed by atoms with Crippen LogP contribution in [0.5, 0.6) is 0 Å². The first-order valence-corrected chi connectivity index (χ1v) is 7.74. The summed E-state index contributed by atoms with van der Waals surface area (Å²) in [6.45, 7) is 3.64. The van der Waals surface area contributed by atoms with Crippen molar-refractivity contribution in [1.29, 1.82) is 0 Å². The molecule has 2 aromatic rings. The number of thioether (sulfide) groups is 1. The summed E-state index contributed by atoms with van der Waals surface area (Å²) >= 11 is 1.13. The van der Waals surface area contributed by atoms with Crippen LogP contribution in [0.25, 0.3) is 0 Å². The highest BCUT2D eigenvalue weighted by molar-refractivity contribution is 7.99. The third-order valence-corrected chi connectivity index (χ3v) is 3.76. The Morgan fingerprint density at radius 2 is 2.00 bits per heavy atom. The number of halogens is 3. The van der Waals surface area contributed by atoms with E-state index < -0.39 is 17.6 Å². The predicted molar refractivity (Wildman–Crippen MR) is 82.6 cm³/mol. The van der Waals surface area contributed by atoms with Gasteiger partial charge in [-0.3, -0.25) is 4.79 Å². The first-order valence-electron chi connectivity index (χ1n) is 6.75. The molecule has 2 heterocycles. The van der Waals surface area contributed by atoms with Crippen LogP contribution in [-0.2, 0) is 6.18 Å². The number of amides is 1. The van der Waals surface area contributed by atoms with E-state index in [-0.39, 0.29) is 10.6 Å². The van der Waals surface area contributed by atoms with Gasteiger partial charge in [-0.25, -0.2) is 9.97 Å². The number of nitrogens with one attached hydrogen (secondary N) is 1. The standard InChI is InChI=1S/C15H14F3N3OS/c1-3-23-11-6-10(15(16,17)18)8-20-13(11)14(22)21-12-5-4-9(2)7-19-12/h4-8H,3H2,1-2H3,(H,19,21,22). The number of nitrogens with zero attached hydrogens (tertiary/aromatic N) is 2. The number of pyridine rings is 2. The van der Waals surface area contributed by atoms with Crippen molar-refractivity contribution >= 4 is 23.5 Å². The Hall–Kier alpha value is -2.09. The lowest BCUT2D eigenvalue weighted by Crippen LogP contribution is -2.17. The normalized spacial score (nSPS) is 11.3. The molecule has 0 bridgehead atoms. The van der Waals surface area contributed by atoms with Gasteiger partial charge >= 0.3 is 6.18 Å². The Labute approximate surface area is 135 Å². The van der Waals surface area contributed by atoms with Crippen molar-refractivity contribution in [3.63, 3.8) is 0 Å². The predicted octanol–water partition coefficient (Wildman–Crippen LogP) is 4.17. The Kier molecular flexibility index (Phi) is 5.25. The molecule has 0 atom stereocenters. The lowest BCUT2D eigenvalue weighted by molar-refractivity contribution is -0.138. The molecule has 1 amide bonds. The molecule has 0 aliphatic rings. The van der Waals surface area contributed by atoms with Gasteiger partial charge in [-0.05, 0) is 30.4 Å². The van der Waals surface area contributed by atoms with E-state index in [0.717, 1.165) is 23.4 Å². The minimum Gasteiger partial charge on any atom is -0.305 e. The SMILES string of the molecule is CCSc1cc(C(F)(F)F)cnc1C(=O)Nc1ccc(C)cn1. The zero-order valence-corrected chi connectivity index (χ0v) is 13.3. The van der Waals surface area contributed by atoms with Crippen LogP contribution in [0.4, 0.5) is 19.0 Å². The molecule has 0 aliphatic carbocycles. The summed E-state index contributed by atoms with van der Waals surface area (Å²) in [7, 11) is 0. The van der Waals surface area contributed by atoms with Crippen molar-refractivity contribution in [3.8, 4) is 0 Å². The van der Waals surface area contributed by atoms with Crippen molar-refractivity contribution < 1.29 is 18.0 Å². The fourth-order valence-electron chi connectivity index (χ4n) is 1.75. The number of carbonyl (C=O) groups excluding carboxylic acids is 1. The average Bonchev–Trinajstić information content (AvgIpc) is 2.49. The highest BCUT2D eigenvalue weighted by Gasteiger charge is 2.32. The number of hydrogen-bond donors (Lipinski definition) is 1. The Morgan fingerprint density at radius 1 is 1.26 bits per heavy atom. The number of alkyl halides is 3. The van der Waals surface area contributed by atoms with Crippen molar-refractivity contribution in [2.45, 2.75) is 24.9 Å². The summed E-state index contributed by atoms with van der Waals surface area (Å²) in [5, 5.41) is 2.54. The summed E-state index contributed by atoms with van der Waals surface area (Å²) < 4.78 is 38.3. The van der Waals surface area contributed by atoms with Crippen LogP contribution < -0.4 is 5.32 Å². The summed E-state index contributed by atoms with van der Waals surface area (Å²) in [5.41, 5.74) is 0.00330. The molecule has 8 heteroatoms. The molecule has 4 nitrogen and oxygen atoms in total. The molecule has 0 aliphatic heterocycles. The second kappa shape index (κ2) is 6.99. The number of aryl methyl sites for hydroxylation is 1. The van der Waals surface area contributed by atoms with Gasteiger partial charge in [0.05, 0.1) is 5.56 Å². The van der Waals surface area contributed by atoms with E-state index in [2.05, 4.69) is 15.3 Å². The first kappa shape index (κ1) is 17.3. The highest BCUT2D eigenvalue weighted by atomic mass is 32.2. The summed E-state index contributed by atoms with van der Waals surface area (Å²) in [6, 6.07) is 4.33. The molecule has 0 fully saturated rings. The van der Waals surface area contributed by atoms with Gasteiger partial charge in [0, 0.05) is 17.3 Å². The summed E-state index contributed by atoms with van der Waals surface area (Å²) in [5.74, 6) is 0.243. The summed E-state index contributed by atoms with van der Waals surface area (Å²) in [4.78, 5) is 20.2. The Balaban J connectivity index is 2.29. The molecule has 0 spiro atoms. The molecule has 0 aromatic carbocycles. The third-order valence-electron chi connectivity index (χ3n) is 2.85. The number of carbonyl (C=O) groups is 1. The van der Waals surface area contributed by atoms with Crippen LogP contribution in [-0.4, -0.2) is 21.6 Å². The Bertz CT molecular complexity index is 702. The lowest BCUT2D eigenvalue weighted by atomic mass is 10.2. The number of anilines is 1. The molecule has 122 valence electrons. The molecule has 2 aromatic heterocycles. The van der Waals surface area contributed by atoms with Crippen molar-refractivity contribution in [2.75, 3.05) is 11.1 Å². The molecular weight excluding hydrogens is 327 g/mol. The van der Waals surface area contributed by atoms with Crippen LogP contribution in [0.2, 0.25) is 0 Å². The zero-order valence-electron chi connectivity index (χ0n) is 12.4. The van der Waals surface area contributed by atoms with Gasteiger partial charge < -0.3 is 5.32 Å². The second-order valence-electron chi connectivity index (χ2n) is 4.68. The molecule has 0 saturated carbocycles.